The number of amides is 1. The Balaban J connectivity index is 1.93. The molecule has 0 aliphatic heterocycles. The Morgan fingerprint density at radius 2 is 2.10 bits per heavy atom. The molecule has 112 valence electrons. The smallest absolute Gasteiger partial charge is 0.241 e. The molecule has 1 atom stereocenters. The van der Waals surface area contributed by atoms with E-state index in [1.54, 1.807) is 35.1 Å². The van der Waals surface area contributed by atoms with Crippen LogP contribution in [0, 0.1) is 0 Å². The summed E-state index contributed by atoms with van der Waals surface area (Å²) in [5.74, 6) is -0.0499. The number of nitrogen functional groups attached to an aromatic ring is 1. The van der Waals surface area contributed by atoms with E-state index in [0.29, 0.717) is 12.2 Å². The van der Waals surface area contributed by atoms with Crippen LogP contribution in [0.15, 0.2) is 36.7 Å². The summed E-state index contributed by atoms with van der Waals surface area (Å²) in [7, 11) is 3.79. The van der Waals surface area contributed by atoms with Gasteiger partial charge in [0.2, 0.25) is 5.91 Å². The standard InChI is InChI=1S/C15H21N5O/c1-11(19(2)9-12-8-17-20(3)10-12)15(21)18-14-6-4-13(16)5-7-14/h4-8,10-11H,9,16H2,1-3H3,(H,18,21). The molecule has 1 aromatic carbocycles. The molecule has 6 heteroatoms. The van der Waals surface area contributed by atoms with Gasteiger partial charge in [0, 0.05) is 36.7 Å². The summed E-state index contributed by atoms with van der Waals surface area (Å²) >= 11 is 0. The number of hydrogen-bond donors (Lipinski definition) is 2. The summed E-state index contributed by atoms with van der Waals surface area (Å²) in [6, 6.07) is 6.87. The number of likely N-dealkylation sites (N-methyl/N-ethyl adjacent to an activating group) is 1. The van der Waals surface area contributed by atoms with E-state index in [1.165, 1.54) is 0 Å². The Morgan fingerprint density at radius 1 is 1.43 bits per heavy atom. The number of nitrogens with one attached hydrogen (secondary N) is 1. The van der Waals surface area contributed by atoms with Gasteiger partial charge in [-0.05, 0) is 38.2 Å². The Labute approximate surface area is 124 Å². The number of nitrogens with zero attached hydrogens (tertiary/aromatic N) is 3. The van der Waals surface area contributed by atoms with Crippen LogP contribution in [0.3, 0.4) is 0 Å². The Hall–Kier alpha value is -2.34. The van der Waals surface area contributed by atoms with Crippen molar-refractivity contribution in [1.29, 1.82) is 0 Å². The minimum absolute atomic E-state index is 0.0499. The molecule has 0 fully saturated rings. The molecule has 1 aromatic heterocycles. The molecule has 6 nitrogen and oxygen atoms in total. The van der Waals surface area contributed by atoms with E-state index in [0.717, 1.165) is 11.3 Å². The van der Waals surface area contributed by atoms with Crippen LogP contribution in [0.1, 0.15) is 12.5 Å². The maximum atomic E-state index is 12.2. The molecule has 1 amide bonds. The Bertz CT molecular complexity index is 605. The normalized spacial score (nSPS) is 12.4. The van der Waals surface area contributed by atoms with Gasteiger partial charge in [-0.1, -0.05) is 0 Å². The highest BCUT2D eigenvalue weighted by atomic mass is 16.2. The summed E-state index contributed by atoms with van der Waals surface area (Å²) in [5.41, 5.74) is 8.12. The third kappa shape index (κ3) is 4.06. The fraction of sp³-hybridized carbons (Fsp3) is 0.333. The maximum Gasteiger partial charge on any atom is 0.241 e. The highest BCUT2D eigenvalue weighted by Crippen LogP contribution is 2.12. The lowest BCUT2D eigenvalue weighted by Gasteiger charge is -2.23. The van der Waals surface area contributed by atoms with Crippen molar-refractivity contribution in [3.63, 3.8) is 0 Å². The van der Waals surface area contributed by atoms with Gasteiger partial charge in [0.25, 0.3) is 0 Å². The first-order valence-electron chi connectivity index (χ1n) is 6.80. The number of carbonyl (C=O) groups is 1. The fourth-order valence-corrected chi connectivity index (χ4v) is 1.99. The lowest BCUT2D eigenvalue weighted by molar-refractivity contribution is -0.120. The minimum Gasteiger partial charge on any atom is -0.399 e. The second kappa shape index (κ2) is 6.41. The molecule has 1 unspecified atom stereocenters. The third-order valence-corrected chi connectivity index (χ3v) is 3.41. The molecule has 0 saturated heterocycles. The van der Waals surface area contributed by atoms with Crippen LogP contribution in [0.25, 0.3) is 0 Å². The number of benzene rings is 1. The second-order valence-electron chi connectivity index (χ2n) is 5.22. The molecular weight excluding hydrogens is 266 g/mol. The topological polar surface area (TPSA) is 76.2 Å². The molecule has 0 aliphatic rings. The zero-order valence-electron chi connectivity index (χ0n) is 12.6. The van der Waals surface area contributed by atoms with Crippen molar-refractivity contribution in [2.75, 3.05) is 18.1 Å². The van der Waals surface area contributed by atoms with E-state index in [1.807, 2.05) is 32.1 Å². The van der Waals surface area contributed by atoms with Crippen molar-refractivity contribution in [3.8, 4) is 0 Å². The molecule has 0 radical (unpaired) electrons. The van der Waals surface area contributed by atoms with E-state index in [-0.39, 0.29) is 11.9 Å². The van der Waals surface area contributed by atoms with Gasteiger partial charge in [0.05, 0.1) is 12.2 Å². The van der Waals surface area contributed by atoms with Gasteiger partial charge >= 0.3 is 0 Å². The average Bonchev–Trinajstić information content (AvgIpc) is 2.85. The first-order chi connectivity index (χ1) is 9.95. The molecule has 2 aromatic rings. The predicted octanol–water partition coefficient (Wildman–Crippen LogP) is 1.46. The van der Waals surface area contributed by atoms with Gasteiger partial charge in [-0.15, -0.1) is 0 Å². The van der Waals surface area contributed by atoms with Crippen LogP contribution < -0.4 is 11.1 Å². The van der Waals surface area contributed by atoms with E-state index < -0.39 is 0 Å². The second-order valence-corrected chi connectivity index (χ2v) is 5.22. The molecule has 0 spiro atoms. The molecule has 1 heterocycles. The number of aromatic nitrogens is 2. The van der Waals surface area contributed by atoms with E-state index in [2.05, 4.69) is 10.4 Å². The lowest BCUT2D eigenvalue weighted by atomic mass is 10.2. The molecule has 21 heavy (non-hydrogen) atoms. The zero-order chi connectivity index (χ0) is 15.4. The average molecular weight is 287 g/mol. The zero-order valence-corrected chi connectivity index (χ0v) is 12.6. The van der Waals surface area contributed by atoms with Gasteiger partial charge in [0.1, 0.15) is 0 Å². The van der Waals surface area contributed by atoms with Crippen LogP contribution in [0.2, 0.25) is 0 Å². The van der Waals surface area contributed by atoms with E-state index in [4.69, 9.17) is 5.73 Å². The number of nitrogens with two attached hydrogens (primary N) is 1. The summed E-state index contributed by atoms with van der Waals surface area (Å²) in [6.45, 7) is 2.55. The molecule has 0 saturated carbocycles. The lowest BCUT2D eigenvalue weighted by Crippen LogP contribution is -2.39. The van der Waals surface area contributed by atoms with Gasteiger partial charge in [-0.3, -0.25) is 14.4 Å². The van der Waals surface area contributed by atoms with Crippen LogP contribution in [0.5, 0.6) is 0 Å². The predicted molar refractivity (Wildman–Crippen MR) is 83.6 cm³/mol. The van der Waals surface area contributed by atoms with Gasteiger partial charge < -0.3 is 11.1 Å². The highest BCUT2D eigenvalue weighted by Gasteiger charge is 2.18. The molecular formula is C15H21N5O. The number of aryl methyl sites for hydroxylation is 1. The summed E-state index contributed by atoms with van der Waals surface area (Å²) in [6.07, 6.45) is 3.75. The number of carbonyl (C=O) groups excluding carboxylic acids is 1. The molecule has 0 aliphatic carbocycles. The Kier molecular flexibility index (Phi) is 4.59. The number of anilines is 2. The van der Waals surface area contributed by atoms with Crippen LogP contribution in [-0.4, -0.2) is 33.7 Å². The van der Waals surface area contributed by atoms with E-state index in [9.17, 15) is 4.79 Å². The highest BCUT2D eigenvalue weighted by molar-refractivity contribution is 5.94. The summed E-state index contributed by atoms with van der Waals surface area (Å²) in [5, 5.41) is 7.01. The largest absolute Gasteiger partial charge is 0.399 e. The first kappa shape index (κ1) is 15.1. The first-order valence-corrected chi connectivity index (χ1v) is 6.80. The van der Waals surface area contributed by atoms with Crippen LogP contribution >= 0.6 is 0 Å². The minimum atomic E-state index is -0.247. The van der Waals surface area contributed by atoms with E-state index >= 15 is 0 Å². The maximum absolute atomic E-state index is 12.2. The molecule has 3 N–H and O–H groups in total. The van der Waals surface area contributed by atoms with Crippen molar-refractivity contribution in [2.45, 2.75) is 19.5 Å². The van der Waals surface area contributed by atoms with Crippen molar-refractivity contribution < 1.29 is 4.79 Å². The third-order valence-electron chi connectivity index (χ3n) is 3.41. The van der Waals surface area contributed by atoms with Crippen molar-refractivity contribution in [3.05, 3.63) is 42.2 Å². The van der Waals surface area contributed by atoms with Gasteiger partial charge in [-0.2, -0.15) is 5.10 Å². The SMILES string of the molecule is CC(C(=O)Nc1ccc(N)cc1)N(C)Cc1cnn(C)c1. The number of hydrogen-bond acceptors (Lipinski definition) is 4. The van der Waals surface area contributed by atoms with Crippen LogP contribution in [-0.2, 0) is 18.4 Å². The van der Waals surface area contributed by atoms with Crippen molar-refractivity contribution in [2.24, 2.45) is 7.05 Å². The molecule has 0 bridgehead atoms. The number of rotatable bonds is 5. The molecule has 2 rings (SSSR count). The van der Waals surface area contributed by atoms with Crippen LogP contribution in [0.4, 0.5) is 11.4 Å². The monoisotopic (exact) mass is 287 g/mol. The van der Waals surface area contributed by atoms with Crippen molar-refractivity contribution >= 4 is 17.3 Å². The van der Waals surface area contributed by atoms with Crippen molar-refractivity contribution in [1.82, 2.24) is 14.7 Å². The van der Waals surface area contributed by atoms with Gasteiger partial charge in [0.15, 0.2) is 0 Å². The quantitative estimate of drug-likeness (QED) is 0.816. The van der Waals surface area contributed by atoms with Gasteiger partial charge in [-0.25, -0.2) is 0 Å². The fourth-order valence-electron chi connectivity index (χ4n) is 1.99. The summed E-state index contributed by atoms with van der Waals surface area (Å²) < 4.78 is 1.75. The Morgan fingerprint density at radius 3 is 2.67 bits per heavy atom. The summed E-state index contributed by atoms with van der Waals surface area (Å²) in [4.78, 5) is 14.2.